The van der Waals surface area contributed by atoms with Crippen molar-refractivity contribution in [1.82, 2.24) is 0 Å². The lowest BCUT2D eigenvalue weighted by atomic mass is 10.2. The number of fused-ring (bicyclic) bond motifs is 1. The van der Waals surface area contributed by atoms with Crippen LogP contribution in [0.4, 0.5) is 11.4 Å². The lowest BCUT2D eigenvalue weighted by Gasteiger charge is -2.30. The van der Waals surface area contributed by atoms with Gasteiger partial charge in [0, 0.05) is 40.9 Å². The third-order valence-electron chi connectivity index (χ3n) is 4.13. The number of thioether (sulfide) groups is 1. The Bertz CT molecular complexity index is 735. The summed E-state index contributed by atoms with van der Waals surface area (Å²) < 4.78 is 0. The van der Waals surface area contributed by atoms with Crippen LogP contribution in [0.15, 0.2) is 47.4 Å². The first-order chi connectivity index (χ1) is 11.6. The van der Waals surface area contributed by atoms with Gasteiger partial charge in [-0.15, -0.1) is 11.8 Å². The van der Waals surface area contributed by atoms with Gasteiger partial charge in [-0.05, 0) is 43.2 Å². The lowest BCUT2D eigenvalue weighted by molar-refractivity contribution is -0.116. The van der Waals surface area contributed by atoms with Crippen molar-refractivity contribution in [2.24, 2.45) is 0 Å². The molecular formula is C19H21ClN2OS. The number of carbonyl (C=O) groups is 1. The zero-order valence-electron chi connectivity index (χ0n) is 13.7. The predicted octanol–water partition coefficient (Wildman–Crippen LogP) is 4.98. The molecule has 2 aromatic rings. The molecule has 0 unspecified atom stereocenters. The van der Waals surface area contributed by atoms with E-state index in [0.29, 0.717) is 11.4 Å². The second kappa shape index (κ2) is 7.95. The first-order valence-electron chi connectivity index (χ1n) is 8.16. The van der Waals surface area contributed by atoms with E-state index in [9.17, 15) is 4.79 Å². The highest BCUT2D eigenvalue weighted by atomic mass is 35.5. The highest BCUT2D eigenvalue weighted by molar-refractivity contribution is 7.99. The van der Waals surface area contributed by atoms with Crippen LogP contribution < -0.4 is 10.2 Å². The van der Waals surface area contributed by atoms with Gasteiger partial charge in [0.2, 0.25) is 5.91 Å². The minimum atomic E-state index is 0.0417. The first kappa shape index (κ1) is 17.2. The molecule has 0 atom stereocenters. The Balaban J connectivity index is 1.52. The van der Waals surface area contributed by atoms with Crippen molar-refractivity contribution in [3.05, 3.63) is 53.1 Å². The number of benzene rings is 2. The molecule has 1 heterocycles. The van der Waals surface area contributed by atoms with Crippen molar-refractivity contribution >= 4 is 40.6 Å². The molecule has 3 nitrogen and oxygen atoms in total. The Morgan fingerprint density at radius 2 is 2.12 bits per heavy atom. The summed E-state index contributed by atoms with van der Waals surface area (Å²) in [6.07, 6.45) is 1.35. The van der Waals surface area contributed by atoms with E-state index < -0.39 is 0 Å². The molecule has 0 bridgehead atoms. The van der Waals surface area contributed by atoms with Gasteiger partial charge >= 0.3 is 0 Å². The summed E-state index contributed by atoms with van der Waals surface area (Å²) in [5.74, 6) is 1.14. The van der Waals surface area contributed by atoms with Crippen molar-refractivity contribution in [1.29, 1.82) is 0 Å². The molecule has 0 aliphatic carbocycles. The molecule has 0 fully saturated rings. The van der Waals surface area contributed by atoms with Gasteiger partial charge in [0.1, 0.15) is 0 Å². The largest absolute Gasteiger partial charge is 0.370 e. The number of amides is 1. The highest BCUT2D eigenvalue weighted by Gasteiger charge is 2.16. The summed E-state index contributed by atoms with van der Waals surface area (Å²) in [6.45, 7) is 3.91. The van der Waals surface area contributed by atoms with Crippen LogP contribution in [0.3, 0.4) is 0 Å². The molecule has 1 amide bonds. The first-order valence-corrected chi connectivity index (χ1v) is 9.52. The number of halogens is 1. The fraction of sp³-hybridized carbons (Fsp3) is 0.316. The lowest BCUT2D eigenvalue weighted by Crippen LogP contribution is -2.30. The minimum absolute atomic E-state index is 0.0417. The van der Waals surface area contributed by atoms with Crippen LogP contribution in [0.1, 0.15) is 18.4 Å². The maximum Gasteiger partial charge on any atom is 0.224 e. The number of rotatable bonds is 5. The van der Waals surface area contributed by atoms with E-state index in [1.54, 1.807) is 6.07 Å². The molecule has 5 heteroatoms. The molecule has 2 aromatic carbocycles. The molecule has 0 saturated carbocycles. The number of anilines is 2. The van der Waals surface area contributed by atoms with Gasteiger partial charge in [0.05, 0.1) is 5.69 Å². The van der Waals surface area contributed by atoms with Crippen molar-refractivity contribution in [3.8, 4) is 0 Å². The Kier molecular flexibility index (Phi) is 5.69. The number of carbonyl (C=O) groups excluding carboxylic acids is 1. The Labute approximate surface area is 152 Å². The predicted molar refractivity (Wildman–Crippen MR) is 103 cm³/mol. The Morgan fingerprint density at radius 3 is 3.00 bits per heavy atom. The minimum Gasteiger partial charge on any atom is -0.370 e. The summed E-state index contributed by atoms with van der Waals surface area (Å²) in [6, 6.07) is 14.0. The van der Waals surface area contributed by atoms with Gasteiger partial charge in [0.15, 0.2) is 0 Å². The summed E-state index contributed by atoms with van der Waals surface area (Å²) in [4.78, 5) is 15.9. The van der Waals surface area contributed by atoms with Crippen molar-refractivity contribution in [3.63, 3.8) is 0 Å². The second-order valence-electron chi connectivity index (χ2n) is 5.91. The fourth-order valence-electron chi connectivity index (χ4n) is 2.83. The van der Waals surface area contributed by atoms with E-state index in [0.717, 1.165) is 36.5 Å². The molecule has 0 saturated heterocycles. The van der Waals surface area contributed by atoms with E-state index in [-0.39, 0.29) is 5.91 Å². The van der Waals surface area contributed by atoms with Gasteiger partial charge in [-0.2, -0.15) is 0 Å². The fourth-order valence-corrected chi connectivity index (χ4v) is 4.05. The maximum atomic E-state index is 12.2. The van der Waals surface area contributed by atoms with Crippen LogP contribution in [0.2, 0.25) is 5.02 Å². The number of nitrogens with zero attached hydrogens (tertiary/aromatic N) is 1. The molecule has 1 aliphatic rings. The zero-order valence-corrected chi connectivity index (χ0v) is 15.3. The number of hydrogen-bond acceptors (Lipinski definition) is 3. The Morgan fingerprint density at radius 1 is 1.29 bits per heavy atom. The van der Waals surface area contributed by atoms with E-state index >= 15 is 0 Å². The van der Waals surface area contributed by atoms with Crippen molar-refractivity contribution in [2.45, 2.75) is 24.7 Å². The second-order valence-corrected chi connectivity index (χ2v) is 7.49. The SMILES string of the molecule is Cc1ccc(Cl)cc1NC(=O)CCCN1CCSc2ccccc21. The zero-order chi connectivity index (χ0) is 16.9. The number of nitrogens with one attached hydrogen (secondary N) is 1. The molecule has 0 aromatic heterocycles. The van der Waals surface area contributed by atoms with Crippen molar-refractivity contribution in [2.75, 3.05) is 29.1 Å². The average Bonchev–Trinajstić information content (AvgIpc) is 2.58. The van der Waals surface area contributed by atoms with E-state index in [1.807, 2.05) is 30.8 Å². The standard InChI is InChI=1S/C19H21ClN2OS/c1-14-8-9-15(20)13-16(14)21-19(23)7-4-10-22-11-12-24-18-6-3-2-5-17(18)22/h2-3,5-6,8-9,13H,4,7,10-12H2,1H3,(H,21,23). The van der Waals surface area contributed by atoms with Crippen LogP contribution in [0.25, 0.3) is 0 Å². The van der Waals surface area contributed by atoms with Crippen molar-refractivity contribution < 1.29 is 4.79 Å². The van der Waals surface area contributed by atoms with Crippen LogP contribution in [-0.4, -0.2) is 24.7 Å². The summed E-state index contributed by atoms with van der Waals surface area (Å²) in [5, 5.41) is 3.60. The molecule has 3 rings (SSSR count). The normalized spacial score (nSPS) is 13.5. The summed E-state index contributed by atoms with van der Waals surface area (Å²) in [7, 11) is 0. The third kappa shape index (κ3) is 4.25. The molecule has 126 valence electrons. The van der Waals surface area contributed by atoms with Crippen LogP contribution >= 0.6 is 23.4 Å². The summed E-state index contributed by atoms with van der Waals surface area (Å²) in [5.41, 5.74) is 3.11. The van der Waals surface area contributed by atoms with Gasteiger partial charge < -0.3 is 10.2 Å². The average molecular weight is 361 g/mol. The monoisotopic (exact) mass is 360 g/mol. The molecule has 1 aliphatic heterocycles. The summed E-state index contributed by atoms with van der Waals surface area (Å²) >= 11 is 7.90. The maximum absolute atomic E-state index is 12.2. The van der Waals surface area contributed by atoms with Gasteiger partial charge in [-0.25, -0.2) is 0 Å². The van der Waals surface area contributed by atoms with E-state index in [4.69, 9.17) is 11.6 Å². The molecule has 0 spiro atoms. The van der Waals surface area contributed by atoms with Gasteiger partial charge in [-0.1, -0.05) is 29.8 Å². The van der Waals surface area contributed by atoms with Gasteiger partial charge in [-0.3, -0.25) is 4.79 Å². The van der Waals surface area contributed by atoms with Gasteiger partial charge in [0.25, 0.3) is 0 Å². The van der Waals surface area contributed by atoms with Crippen LogP contribution in [0, 0.1) is 6.92 Å². The molecular weight excluding hydrogens is 340 g/mol. The highest BCUT2D eigenvalue weighted by Crippen LogP contribution is 2.34. The number of aryl methyl sites for hydroxylation is 1. The quantitative estimate of drug-likeness (QED) is 0.816. The Hall–Kier alpha value is -1.65. The molecule has 0 radical (unpaired) electrons. The number of para-hydroxylation sites is 1. The smallest absolute Gasteiger partial charge is 0.224 e. The van der Waals surface area contributed by atoms with Crippen LogP contribution in [-0.2, 0) is 4.79 Å². The number of hydrogen-bond donors (Lipinski definition) is 1. The topological polar surface area (TPSA) is 32.3 Å². The third-order valence-corrected chi connectivity index (χ3v) is 5.41. The van der Waals surface area contributed by atoms with E-state index in [2.05, 4.69) is 34.5 Å². The van der Waals surface area contributed by atoms with Crippen LogP contribution in [0.5, 0.6) is 0 Å². The molecule has 1 N–H and O–H groups in total. The molecule has 24 heavy (non-hydrogen) atoms. The van der Waals surface area contributed by atoms with E-state index in [1.165, 1.54) is 10.6 Å².